The van der Waals surface area contributed by atoms with Crippen molar-refractivity contribution in [2.24, 2.45) is 0 Å². The average molecular weight is 527 g/mol. The summed E-state index contributed by atoms with van der Waals surface area (Å²) in [6.45, 7) is 9.21. The number of amides is 1. The first-order chi connectivity index (χ1) is 18.9. The van der Waals surface area contributed by atoms with Gasteiger partial charge in [-0.3, -0.25) is 4.79 Å². The van der Waals surface area contributed by atoms with Crippen LogP contribution in [0.25, 0.3) is 11.1 Å². The lowest BCUT2D eigenvalue weighted by atomic mass is 9.90. The quantitative estimate of drug-likeness (QED) is 0.316. The fourth-order valence-electron chi connectivity index (χ4n) is 5.59. The third kappa shape index (κ3) is 6.31. The first kappa shape index (κ1) is 26.9. The van der Waals surface area contributed by atoms with Crippen molar-refractivity contribution in [2.75, 3.05) is 33.3 Å². The van der Waals surface area contributed by atoms with Gasteiger partial charge in [0.15, 0.2) is 0 Å². The molecule has 7 heteroatoms. The normalized spacial score (nSPS) is 17.8. The minimum atomic E-state index is -0.0346. The standard InChI is InChI=1S/C32H38N4O3/c1-22-12-13-29-27(19-22)21-35(4)16-14-26(25-9-6-5-7-10-25)11-8-15-36(17-18-38-29)32(37)28-20-23(2)33-31-30(28)24(3)34-39-31/h5-7,9-10,12-13,19-20,26H,8,11,14-18,21H2,1-4H3. The predicted octanol–water partition coefficient (Wildman–Crippen LogP) is 6.07. The van der Waals surface area contributed by atoms with Crippen LogP contribution >= 0.6 is 0 Å². The maximum absolute atomic E-state index is 14.0. The lowest BCUT2D eigenvalue weighted by Crippen LogP contribution is -2.36. The van der Waals surface area contributed by atoms with Crippen LogP contribution in [-0.4, -0.2) is 59.1 Å². The first-order valence-corrected chi connectivity index (χ1v) is 13.9. The summed E-state index contributed by atoms with van der Waals surface area (Å²) in [6.07, 6.45) is 2.97. The Bertz CT molecular complexity index is 1430. The van der Waals surface area contributed by atoms with Gasteiger partial charge in [-0.2, -0.15) is 0 Å². The molecule has 1 unspecified atom stereocenters. The lowest BCUT2D eigenvalue weighted by Gasteiger charge is -2.27. The molecule has 0 saturated heterocycles. The van der Waals surface area contributed by atoms with Gasteiger partial charge < -0.3 is 19.1 Å². The highest BCUT2D eigenvalue weighted by molar-refractivity contribution is 6.06. The van der Waals surface area contributed by atoms with Crippen LogP contribution in [0.1, 0.15) is 63.6 Å². The highest BCUT2D eigenvalue weighted by Crippen LogP contribution is 2.28. The number of pyridine rings is 1. The second-order valence-electron chi connectivity index (χ2n) is 10.8. The molecule has 1 aliphatic heterocycles. The van der Waals surface area contributed by atoms with Crippen molar-refractivity contribution < 1.29 is 14.1 Å². The summed E-state index contributed by atoms with van der Waals surface area (Å²) in [5, 5.41) is 4.76. The van der Waals surface area contributed by atoms with Gasteiger partial charge >= 0.3 is 0 Å². The maximum atomic E-state index is 14.0. The minimum absolute atomic E-state index is 0.0346. The molecule has 4 aromatic rings. The molecule has 1 aliphatic rings. The van der Waals surface area contributed by atoms with Crippen molar-refractivity contribution in [1.29, 1.82) is 0 Å². The number of carbonyl (C=O) groups excluding carboxylic acids is 1. The number of fused-ring (bicyclic) bond motifs is 2. The zero-order valence-electron chi connectivity index (χ0n) is 23.4. The zero-order chi connectivity index (χ0) is 27.4. The molecular formula is C32H38N4O3. The largest absolute Gasteiger partial charge is 0.491 e. The second-order valence-corrected chi connectivity index (χ2v) is 10.8. The van der Waals surface area contributed by atoms with Gasteiger partial charge in [0.05, 0.1) is 23.2 Å². The molecule has 2 aromatic carbocycles. The van der Waals surface area contributed by atoms with E-state index in [4.69, 9.17) is 9.26 Å². The summed E-state index contributed by atoms with van der Waals surface area (Å²) < 4.78 is 11.7. The number of rotatable bonds is 2. The monoisotopic (exact) mass is 526 g/mol. The minimum Gasteiger partial charge on any atom is -0.491 e. The van der Waals surface area contributed by atoms with Gasteiger partial charge in [-0.05, 0) is 77.2 Å². The first-order valence-electron chi connectivity index (χ1n) is 13.9. The molecule has 0 fully saturated rings. The van der Waals surface area contributed by atoms with E-state index in [1.54, 1.807) is 0 Å². The fraction of sp³-hybridized carbons (Fsp3) is 0.406. The van der Waals surface area contributed by atoms with Gasteiger partial charge in [-0.15, -0.1) is 0 Å². The molecule has 3 heterocycles. The summed E-state index contributed by atoms with van der Waals surface area (Å²) in [5.74, 6) is 1.28. The molecule has 7 nitrogen and oxygen atoms in total. The molecule has 1 amide bonds. The molecule has 0 radical (unpaired) electrons. The van der Waals surface area contributed by atoms with Crippen molar-refractivity contribution in [2.45, 2.75) is 52.5 Å². The second kappa shape index (κ2) is 12.0. The highest BCUT2D eigenvalue weighted by Gasteiger charge is 2.24. The van der Waals surface area contributed by atoms with Gasteiger partial charge in [0.2, 0.25) is 0 Å². The third-order valence-corrected chi connectivity index (χ3v) is 7.65. The summed E-state index contributed by atoms with van der Waals surface area (Å²) in [6, 6.07) is 19.0. The summed E-state index contributed by atoms with van der Waals surface area (Å²) >= 11 is 0. The van der Waals surface area contributed by atoms with Crippen LogP contribution in [-0.2, 0) is 6.54 Å². The number of carbonyl (C=O) groups is 1. The predicted molar refractivity (Wildman–Crippen MR) is 153 cm³/mol. The average Bonchev–Trinajstić information content (AvgIpc) is 3.30. The van der Waals surface area contributed by atoms with Crippen LogP contribution in [0.15, 0.2) is 59.1 Å². The van der Waals surface area contributed by atoms with Gasteiger partial charge in [-0.25, -0.2) is 4.98 Å². The van der Waals surface area contributed by atoms with Crippen molar-refractivity contribution in [1.82, 2.24) is 19.9 Å². The van der Waals surface area contributed by atoms with Crippen LogP contribution < -0.4 is 4.74 Å². The van der Waals surface area contributed by atoms with E-state index in [0.717, 1.165) is 43.8 Å². The number of hydrogen-bond acceptors (Lipinski definition) is 6. The molecule has 0 N–H and O–H groups in total. The van der Waals surface area contributed by atoms with Crippen molar-refractivity contribution in [3.05, 3.63) is 88.2 Å². The molecule has 204 valence electrons. The SMILES string of the molecule is Cc1ccc2c(c1)CN(C)CCC(c1ccccc1)CCCN(C(=O)c1cc(C)nc3onc(C)c13)CCO2. The number of ether oxygens (including phenoxy) is 1. The summed E-state index contributed by atoms with van der Waals surface area (Å²) in [7, 11) is 2.19. The Balaban J connectivity index is 1.45. The summed E-state index contributed by atoms with van der Waals surface area (Å²) in [5.41, 5.74) is 6.17. The van der Waals surface area contributed by atoms with E-state index < -0.39 is 0 Å². The molecular weight excluding hydrogens is 488 g/mol. The molecule has 0 bridgehead atoms. The Morgan fingerprint density at radius 3 is 2.62 bits per heavy atom. The Labute approximate surface area is 230 Å². The Morgan fingerprint density at radius 1 is 0.974 bits per heavy atom. The van der Waals surface area contributed by atoms with Crippen LogP contribution in [0.2, 0.25) is 0 Å². The van der Waals surface area contributed by atoms with E-state index in [0.29, 0.717) is 48.0 Å². The lowest BCUT2D eigenvalue weighted by molar-refractivity contribution is 0.0726. The van der Waals surface area contributed by atoms with Crippen molar-refractivity contribution in [3.8, 4) is 5.75 Å². The number of hydrogen-bond donors (Lipinski definition) is 0. The molecule has 0 aliphatic carbocycles. The molecule has 0 saturated carbocycles. The van der Waals surface area contributed by atoms with E-state index in [1.165, 1.54) is 16.7 Å². The maximum Gasteiger partial charge on any atom is 0.258 e. The van der Waals surface area contributed by atoms with Crippen molar-refractivity contribution in [3.63, 3.8) is 0 Å². The zero-order valence-corrected chi connectivity index (χ0v) is 23.4. The van der Waals surface area contributed by atoms with Gasteiger partial charge in [0.25, 0.3) is 11.6 Å². The Morgan fingerprint density at radius 2 is 1.79 bits per heavy atom. The van der Waals surface area contributed by atoms with Crippen LogP contribution in [0.4, 0.5) is 0 Å². The topological polar surface area (TPSA) is 71.7 Å². The Hall–Kier alpha value is -3.71. The fourth-order valence-corrected chi connectivity index (χ4v) is 5.59. The number of aromatic nitrogens is 2. The molecule has 5 rings (SSSR count). The van der Waals surface area contributed by atoms with Gasteiger partial charge in [0.1, 0.15) is 12.4 Å². The molecule has 39 heavy (non-hydrogen) atoms. The van der Waals surface area contributed by atoms with E-state index in [9.17, 15) is 4.79 Å². The van der Waals surface area contributed by atoms with E-state index in [1.807, 2.05) is 24.8 Å². The van der Waals surface area contributed by atoms with Gasteiger partial charge in [0, 0.05) is 24.3 Å². The smallest absolute Gasteiger partial charge is 0.258 e. The van der Waals surface area contributed by atoms with Crippen LogP contribution in [0.5, 0.6) is 5.75 Å². The van der Waals surface area contributed by atoms with E-state index >= 15 is 0 Å². The highest BCUT2D eigenvalue weighted by atomic mass is 16.5. The molecule has 1 atom stereocenters. The Kier molecular flexibility index (Phi) is 8.27. The molecule has 0 spiro atoms. The number of benzene rings is 2. The summed E-state index contributed by atoms with van der Waals surface area (Å²) in [4.78, 5) is 22.8. The molecule has 2 aromatic heterocycles. The van der Waals surface area contributed by atoms with E-state index in [2.05, 4.69) is 77.5 Å². The number of aryl methyl sites for hydroxylation is 3. The van der Waals surface area contributed by atoms with Crippen LogP contribution in [0.3, 0.4) is 0 Å². The van der Waals surface area contributed by atoms with Crippen LogP contribution in [0, 0.1) is 20.8 Å². The third-order valence-electron chi connectivity index (χ3n) is 7.65. The van der Waals surface area contributed by atoms with E-state index in [-0.39, 0.29) is 5.91 Å². The number of nitrogens with zero attached hydrogens (tertiary/aromatic N) is 4. The van der Waals surface area contributed by atoms with Crippen molar-refractivity contribution >= 4 is 17.0 Å². The van der Waals surface area contributed by atoms with Gasteiger partial charge in [-0.1, -0.05) is 53.2 Å².